The van der Waals surface area contributed by atoms with E-state index >= 15 is 0 Å². The van der Waals surface area contributed by atoms with E-state index in [1.807, 2.05) is 25.1 Å². The highest BCUT2D eigenvalue weighted by atomic mass is 16.2. The molecule has 0 radical (unpaired) electrons. The Morgan fingerprint density at radius 2 is 1.90 bits per heavy atom. The van der Waals surface area contributed by atoms with E-state index in [-0.39, 0.29) is 24.0 Å². The molecule has 106 valence electrons. The topological polar surface area (TPSA) is 66.5 Å². The van der Waals surface area contributed by atoms with Crippen LogP contribution in [0.3, 0.4) is 0 Å². The van der Waals surface area contributed by atoms with Crippen molar-refractivity contribution >= 4 is 23.3 Å². The fraction of sp³-hybridized carbons (Fsp3) is 0.400. The van der Waals surface area contributed by atoms with Crippen molar-refractivity contribution in [2.24, 2.45) is 0 Å². The van der Waals surface area contributed by atoms with Gasteiger partial charge in [0.25, 0.3) is 5.91 Å². The summed E-state index contributed by atoms with van der Waals surface area (Å²) in [4.78, 5) is 37.5. The minimum absolute atomic E-state index is 0.0288. The van der Waals surface area contributed by atoms with E-state index in [0.29, 0.717) is 12.1 Å². The summed E-state index contributed by atoms with van der Waals surface area (Å²) in [6.07, 6.45) is -0.0288. The number of amides is 2. The molecule has 0 spiro atoms. The largest absolute Gasteiger partial charge is 0.338 e. The van der Waals surface area contributed by atoms with Gasteiger partial charge in [0, 0.05) is 31.1 Å². The lowest BCUT2D eigenvalue weighted by molar-refractivity contribution is -0.133. The van der Waals surface area contributed by atoms with Crippen LogP contribution in [0.2, 0.25) is 0 Å². The van der Waals surface area contributed by atoms with Gasteiger partial charge >= 0.3 is 0 Å². The lowest BCUT2D eigenvalue weighted by Gasteiger charge is -2.28. The summed E-state index contributed by atoms with van der Waals surface area (Å²) in [6, 6.07) is 7.27. The van der Waals surface area contributed by atoms with Crippen LogP contribution in [0, 0.1) is 0 Å². The van der Waals surface area contributed by atoms with Gasteiger partial charge in [0.15, 0.2) is 5.54 Å². The van der Waals surface area contributed by atoms with Crippen LogP contribution in [-0.4, -0.2) is 24.1 Å². The lowest BCUT2D eigenvalue weighted by atomic mass is 9.86. The molecule has 0 unspecified atom stereocenters. The normalized spacial score (nSPS) is 20.8. The van der Waals surface area contributed by atoms with E-state index in [2.05, 4.69) is 5.32 Å². The number of nitrogens with zero attached hydrogens (tertiary/aromatic N) is 1. The molecule has 0 saturated carbocycles. The molecule has 1 heterocycles. The summed E-state index contributed by atoms with van der Waals surface area (Å²) in [7, 11) is 0. The molecule has 2 amide bonds. The maximum absolute atomic E-state index is 12.7. The Hall–Kier alpha value is -2.17. The number of Topliss-reactive ketones (excluding diaryl/α,β-unsaturated/α-hetero) is 1. The number of hydrogen-bond donors (Lipinski definition) is 1. The zero-order valence-electron chi connectivity index (χ0n) is 11.9. The van der Waals surface area contributed by atoms with Crippen molar-refractivity contribution < 1.29 is 14.4 Å². The van der Waals surface area contributed by atoms with Crippen LogP contribution in [-0.2, 0) is 19.9 Å². The maximum atomic E-state index is 12.7. The van der Waals surface area contributed by atoms with Crippen LogP contribution in [0.1, 0.15) is 32.8 Å². The minimum atomic E-state index is -1.26. The molecule has 1 atom stereocenters. The maximum Gasteiger partial charge on any atom is 0.257 e. The van der Waals surface area contributed by atoms with Gasteiger partial charge in [-0.05, 0) is 19.9 Å². The van der Waals surface area contributed by atoms with E-state index in [4.69, 9.17) is 0 Å². The molecule has 1 aliphatic heterocycles. The second kappa shape index (κ2) is 5.07. The summed E-state index contributed by atoms with van der Waals surface area (Å²) >= 11 is 0. The Kier molecular flexibility index (Phi) is 3.61. The van der Waals surface area contributed by atoms with Gasteiger partial charge in [-0.25, -0.2) is 0 Å². The van der Waals surface area contributed by atoms with Crippen LogP contribution in [0.5, 0.6) is 0 Å². The Balaban J connectivity index is 2.63. The first-order chi connectivity index (χ1) is 9.42. The summed E-state index contributed by atoms with van der Waals surface area (Å²) in [6.45, 7) is 5.14. The molecule has 1 aliphatic rings. The Bertz CT molecular complexity index is 564. The van der Waals surface area contributed by atoms with Crippen LogP contribution < -0.4 is 10.2 Å². The SMILES string of the molecule is CCN1C(=O)[C@](CC(C)=O)(NC(C)=O)c2ccccc21. The molecule has 20 heavy (non-hydrogen) atoms. The fourth-order valence-corrected chi connectivity index (χ4v) is 2.85. The summed E-state index contributed by atoms with van der Waals surface area (Å²) < 4.78 is 0. The van der Waals surface area contributed by atoms with Crippen molar-refractivity contribution in [3.05, 3.63) is 29.8 Å². The number of benzene rings is 1. The smallest absolute Gasteiger partial charge is 0.257 e. The summed E-state index contributed by atoms with van der Waals surface area (Å²) in [5, 5.41) is 2.71. The molecule has 5 nitrogen and oxygen atoms in total. The quantitative estimate of drug-likeness (QED) is 0.901. The number of fused-ring (bicyclic) bond motifs is 1. The first kappa shape index (κ1) is 14.2. The van der Waals surface area contributed by atoms with Crippen molar-refractivity contribution in [1.29, 1.82) is 0 Å². The molecule has 1 N–H and O–H groups in total. The molecule has 5 heteroatoms. The van der Waals surface area contributed by atoms with Gasteiger partial charge in [0.1, 0.15) is 5.78 Å². The number of ketones is 1. The lowest BCUT2D eigenvalue weighted by Crippen LogP contribution is -2.53. The third kappa shape index (κ3) is 2.09. The highest BCUT2D eigenvalue weighted by Gasteiger charge is 2.51. The number of rotatable bonds is 4. The van der Waals surface area contributed by atoms with Crippen LogP contribution in [0.4, 0.5) is 5.69 Å². The van der Waals surface area contributed by atoms with Crippen molar-refractivity contribution in [2.45, 2.75) is 32.7 Å². The number of nitrogens with one attached hydrogen (secondary N) is 1. The minimum Gasteiger partial charge on any atom is -0.338 e. The van der Waals surface area contributed by atoms with Gasteiger partial charge in [-0.2, -0.15) is 0 Å². The van der Waals surface area contributed by atoms with E-state index in [1.54, 1.807) is 11.0 Å². The van der Waals surface area contributed by atoms with Gasteiger partial charge in [0.05, 0.1) is 0 Å². The third-order valence-corrected chi connectivity index (χ3v) is 3.48. The first-order valence-corrected chi connectivity index (χ1v) is 6.62. The molecule has 1 aromatic carbocycles. The van der Waals surface area contributed by atoms with Crippen LogP contribution in [0.25, 0.3) is 0 Å². The number of carbonyl (C=O) groups is 3. The molecule has 0 aliphatic carbocycles. The average Bonchev–Trinajstić information content (AvgIpc) is 2.58. The van der Waals surface area contributed by atoms with Crippen molar-refractivity contribution in [1.82, 2.24) is 5.32 Å². The molecule has 0 bridgehead atoms. The van der Waals surface area contributed by atoms with Crippen LogP contribution >= 0.6 is 0 Å². The molecular formula is C15H18N2O3. The van der Waals surface area contributed by atoms with Crippen molar-refractivity contribution in [3.8, 4) is 0 Å². The van der Waals surface area contributed by atoms with E-state index < -0.39 is 5.54 Å². The van der Waals surface area contributed by atoms with Crippen molar-refractivity contribution in [2.75, 3.05) is 11.4 Å². The van der Waals surface area contributed by atoms with Gasteiger partial charge in [-0.3, -0.25) is 14.4 Å². The first-order valence-electron chi connectivity index (χ1n) is 6.62. The second-order valence-electron chi connectivity index (χ2n) is 5.03. The van der Waals surface area contributed by atoms with Gasteiger partial charge in [-0.1, -0.05) is 18.2 Å². The summed E-state index contributed by atoms with van der Waals surface area (Å²) in [5.41, 5.74) is 0.192. The zero-order chi connectivity index (χ0) is 14.9. The molecule has 2 rings (SSSR count). The van der Waals surface area contributed by atoms with Crippen molar-refractivity contribution in [3.63, 3.8) is 0 Å². The predicted octanol–water partition coefficient (Wildman–Crippen LogP) is 1.36. The number of hydrogen-bond acceptors (Lipinski definition) is 3. The van der Waals surface area contributed by atoms with Gasteiger partial charge in [0.2, 0.25) is 5.91 Å². The Labute approximate surface area is 118 Å². The molecule has 0 saturated heterocycles. The molecular weight excluding hydrogens is 256 g/mol. The zero-order valence-corrected chi connectivity index (χ0v) is 11.9. The van der Waals surface area contributed by atoms with Gasteiger partial charge < -0.3 is 10.2 Å². The highest BCUT2D eigenvalue weighted by Crippen LogP contribution is 2.42. The third-order valence-electron chi connectivity index (χ3n) is 3.48. The van der Waals surface area contributed by atoms with Crippen LogP contribution in [0.15, 0.2) is 24.3 Å². The highest BCUT2D eigenvalue weighted by molar-refractivity contribution is 6.11. The number of likely N-dealkylation sites (N-methyl/N-ethyl adjacent to an activating group) is 1. The second-order valence-corrected chi connectivity index (χ2v) is 5.03. The monoisotopic (exact) mass is 274 g/mol. The predicted molar refractivity (Wildman–Crippen MR) is 75.3 cm³/mol. The van der Waals surface area contributed by atoms with Gasteiger partial charge in [-0.15, -0.1) is 0 Å². The summed E-state index contributed by atoms with van der Waals surface area (Å²) in [5.74, 6) is -0.709. The van der Waals surface area contributed by atoms with E-state index in [9.17, 15) is 14.4 Å². The Morgan fingerprint density at radius 1 is 1.25 bits per heavy atom. The van der Waals surface area contributed by atoms with E-state index in [0.717, 1.165) is 5.69 Å². The average molecular weight is 274 g/mol. The number of para-hydroxylation sites is 1. The fourth-order valence-electron chi connectivity index (χ4n) is 2.85. The molecule has 0 fully saturated rings. The van der Waals surface area contributed by atoms with E-state index in [1.165, 1.54) is 13.8 Å². The number of carbonyl (C=O) groups excluding carboxylic acids is 3. The molecule has 1 aromatic rings. The standard InChI is InChI=1S/C15H18N2O3/c1-4-17-13-8-6-5-7-12(13)15(14(17)20,9-10(2)18)16-11(3)19/h5-8H,4,9H2,1-3H3,(H,16,19)/t15-/m1/s1. The molecule has 0 aromatic heterocycles. The number of anilines is 1. The Morgan fingerprint density at radius 3 is 2.45 bits per heavy atom.